The minimum Gasteiger partial charge on any atom is -0.400 e. The molecule has 1 heterocycles. The third kappa shape index (κ3) is 4.32. The predicted molar refractivity (Wildman–Crippen MR) is 98.3 cm³/mol. The highest BCUT2D eigenvalue weighted by Crippen LogP contribution is 2.39. The van der Waals surface area contributed by atoms with Crippen molar-refractivity contribution < 1.29 is 18.5 Å². The second-order valence-corrected chi connectivity index (χ2v) is 8.06. The summed E-state index contributed by atoms with van der Waals surface area (Å²) in [4.78, 5) is 11.4. The first-order valence-electron chi connectivity index (χ1n) is 7.95. The van der Waals surface area contributed by atoms with Crippen molar-refractivity contribution in [3.05, 3.63) is 40.6 Å². The number of benzene rings is 1. The van der Waals surface area contributed by atoms with Crippen molar-refractivity contribution in [3.63, 3.8) is 0 Å². The van der Waals surface area contributed by atoms with Crippen LogP contribution in [0.4, 0.5) is 4.39 Å². The van der Waals surface area contributed by atoms with Crippen molar-refractivity contribution in [2.24, 2.45) is 0 Å². The van der Waals surface area contributed by atoms with E-state index in [9.17, 15) is 14.4 Å². The molecule has 0 unspecified atom stereocenters. The number of nitriles is 1. The molecule has 0 saturated carbocycles. The number of carbonyl (C=O) groups is 1. The normalized spacial score (nSPS) is 18.9. The molecular weight excluding hydrogens is 340 g/mol. The average Bonchev–Trinajstić information content (AvgIpc) is 2.71. The third-order valence-electron chi connectivity index (χ3n) is 4.50. The number of hydrogen-bond acceptors (Lipinski definition) is 5. The summed E-state index contributed by atoms with van der Waals surface area (Å²) in [6, 6.07) is 6.33. The maximum absolute atomic E-state index is 13.9. The van der Waals surface area contributed by atoms with E-state index in [1.165, 1.54) is 13.0 Å². The van der Waals surface area contributed by atoms with Crippen LogP contribution in [0, 0.1) is 17.1 Å². The Bertz CT molecular complexity index is 739. The SMILES string of the molecule is CC(=O)SCC(=Cc1cccc(F)c1C#N)B1OC(C)(C)C(C)(C)O1. The summed E-state index contributed by atoms with van der Waals surface area (Å²) in [5.41, 5.74) is 0.0246. The topological polar surface area (TPSA) is 59.3 Å². The molecule has 0 amide bonds. The molecule has 1 aliphatic heterocycles. The Kier molecular flexibility index (Phi) is 5.77. The molecule has 0 radical (unpaired) electrons. The molecule has 7 heteroatoms. The van der Waals surface area contributed by atoms with Crippen LogP contribution >= 0.6 is 11.8 Å². The fourth-order valence-corrected chi connectivity index (χ4v) is 2.93. The number of carbonyl (C=O) groups excluding carboxylic acids is 1. The van der Waals surface area contributed by atoms with Crippen molar-refractivity contribution in [2.75, 3.05) is 5.75 Å². The van der Waals surface area contributed by atoms with E-state index in [0.717, 1.165) is 11.8 Å². The van der Waals surface area contributed by atoms with Gasteiger partial charge in [-0.1, -0.05) is 30.0 Å². The first-order valence-corrected chi connectivity index (χ1v) is 8.94. The lowest BCUT2D eigenvalue weighted by Crippen LogP contribution is -2.41. The summed E-state index contributed by atoms with van der Waals surface area (Å²) in [7, 11) is -0.660. The smallest absolute Gasteiger partial charge is 0.400 e. The molecule has 1 saturated heterocycles. The van der Waals surface area contributed by atoms with Gasteiger partial charge in [-0.2, -0.15) is 5.26 Å². The first kappa shape index (κ1) is 19.7. The molecule has 0 aliphatic carbocycles. The minimum atomic E-state index is -0.660. The number of rotatable bonds is 4. The molecule has 25 heavy (non-hydrogen) atoms. The summed E-state index contributed by atoms with van der Waals surface area (Å²) < 4.78 is 26.0. The Morgan fingerprint density at radius 3 is 2.44 bits per heavy atom. The highest BCUT2D eigenvalue weighted by atomic mass is 32.2. The first-order chi connectivity index (χ1) is 11.6. The quantitative estimate of drug-likeness (QED) is 0.759. The molecule has 0 N–H and O–H groups in total. The summed E-state index contributed by atoms with van der Waals surface area (Å²) in [5, 5.41) is 9.18. The molecule has 2 rings (SSSR count). The van der Waals surface area contributed by atoms with Gasteiger partial charge in [0.25, 0.3) is 0 Å². The summed E-state index contributed by atoms with van der Waals surface area (Å²) in [5.74, 6) is -0.239. The van der Waals surface area contributed by atoms with Crippen molar-refractivity contribution in [1.29, 1.82) is 5.26 Å². The third-order valence-corrected chi connectivity index (χ3v) is 5.38. The number of hydrogen-bond donors (Lipinski definition) is 0. The maximum Gasteiger partial charge on any atom is 0.491 e. The van der Waals surface area contributed by atoms with Crippen molar-refractivity contribution >= 4 is 30.1 Å². The zero-order chi connectivity index (χ0) is 18.8. The molecule has 1 aromatic rings. The molecule has 1 aliphatic rings. The van der Waals surface area contributed by atoms with Gasteiger partial charge in [-0.25, -0.2) is 4.39 Å². The average molecular weight is 361 g/mol. The Morgan fingerprint density at radius 2 is 1.92 bits per heavy atom. The monoisotopic (exact) mass is 361 g/mol. The van der Waals surface area contributed by atoms with E-state index < -0.39 is 24.1 Å². The van der Waals surface area contributed by atoms with Crippen LogP contribution in [-0.4, -0.2) is 29.2 Å². The van der Waals surface area contributed by atoms with Gasteiger partial charge < -0.3 is 9.31 Å². The Balaban J connectivity index is 2.43. The minimum absolute atomic E-state index is 0.0376. The van der Waals surface area contributed by atoms with Crippen LogP contribution in [0.2, 0.25) is 0 Å². The van der Waals surface area contributed by atoms with Gasteiger partial charge in [0.2, 0.25) is 0 Å². The lowest BCUT2D eigenvalue weighted by Gasteiger charge is -2.32. The summed E-state index contributed by atoms with van der Waals surface area (Å²) in [6.07, 6.45) is 1.68. The van der Waals surface area contributed by atoms with E-state index >= 15 is 0 Å². The lowest BCUT2D eigenvalue weighted by atomic mass is 9.78. The molecular formula is C18H21BFNO3S. The molecule has 132 valence electrons. The molecule has 1 aromatic carbocycles. The van der Waals surface area contributed by atoms with E-state index in [1.54, 1.807) is 18.2 Å². The van der Waals surface area contributed by atoms with Crippen molar-refractivity contribution in [1.82, 2.24) is 0 Å². The van der Waals surface area contributed by atoms with Crippen LogP contribution in [0.25, 0.3) is 6.08 Å². The number of thioether (sulfide) groups is 1. The highest BCUT2D eigenvalue weighted by molar-refractivity contribution is 8.13. The van der Waals surface area contributed by atoms with Crippen molar-refractivity contribution in [3.8, 4) is 6.07 Å². The van der Waals surface area contributed by atoms with Crippen LogP contribution in [-0.2, 0) is 14.1 Å². The van der Waals surface area contributed by atoms with Gasteiger partial charge in [-0.05, 0) is 44.8 Å². The number of halogens is 1. The largest absolute Gasteiger partial charge is 0.491 e. The molecule has 0 aromatic heterocycles. The second-order valence-electron chi connectivity index (χ2n) is 6.90. The van der Waals surface area contributed by atoms with Gasteiger partial charge in [-0.3, -0.25) is 4.79 Å². The van der Waals surface area contributed by atoms with Crippen LogP contribution < -0.4 is 0 Å². The van der Waals surface area contributed by atoms with Crippen LogP contribution in [0.3, 0.4) is 0 Å². The van der Waals surface area contributed by atoms with Crippen LogP contribution in [0.15, 0.2) is 23.7 Å². The zero-order valence-corrected chi connectivity index (χ0v) is 15.9. The van der Waals surface area contributed by atoms with Gasteiger partial charge in [0.05, 0.1) is 16.8 Å². The van der Waals surface area contributed by atoms with Crippen molar-refractivity contribution in [2.45, 2.75) is 45.8 Å². The van der Waals surface area contributed by atoms with E-state index in [0.29, 0.717) is 16.8 Å². The summed E-state index contributed by atoms with van der Waals surface area (Å²) in [6.45, 7) is 9.23. The maximum atomic E-state index is 13.9. The highest BCUT2D eigenvalue weighted by Gasteiger charge is 2.52. The van der Waals surface area contributed by atoms with Gasteiger partial charge in [0, 0.05) is 12.7 Å². The molecule has 0 atom stereocenters. The Hall–Kier alpha value is -1.62. The van der Waals surface area contributed by atoms with Gasteiger partial charge in [0.15, 0.2) is 5.12 Å². The van der Waals surface area contributed by atoms with Crippen LogP contribution in [0.1, 0.15) is 45.7 Å². The summed E-state index contributed by atoms with van der Waals surface area (Å²) >= 11 is 1.12. The molecule has 4 nitrogen and oxygen atoms in total. The lowest BCUT2D eigenvalue weighted by molar-refractivity contribution is -0.109. The van der Waals surface area contributed by atoms with E-state index in [2.05, 4.69) is 0 Å². The van der Waals surface area contributed by atoms with Gasteiger partial charge in [0.1, 0.15) is 11.9 Å². The molecule has 1 fully saturated rings. The Labute approximate surface area is 152 Å². The van der Waals surface area contributed by atoms with Crippen LogP contribution in [0.5, 0.6) is 0 Å². The molecule has 0 bridgehead atoms. The zero-order valence-electron chi connectivity index (χ0n) is 15.1. The van der Waals surface area contributed by atoms with Gasteiger partial charge >= 0.3 is 7.12 Å². The van der Waals surface area contributed by atoms with E-state index in [4.69, 9.17) is 9.31 Å². The second kappa shape index (κ2) is 7.32. The molecule has 0 spiro atoms. The predicted octanol–water partition coefficient (Wildman–Crippen LogP) is 3.99. The van der Waals surface area contributed by atoms with Gasteiger partial charge in [-0.15, -0.1) is 0 Å². The fraction of sp³-hybridized carbons (Fsp3) is 0.444. The van der Waals surface area contributed by atoms with E-state index in [-0.39, 0.29) is 10.7 Å². The number of nitrogens with zero attached hydrogens (tertiary/aromatic N) is 1. The standard InChI is InChI=1S/C18H21BFNO3S/c1-12(22)25-11-14(19-23-17(2,3)18(4,5)24-19)9-13-7-6-8-16(20)15(13)10-21/h6-9H,11H2,1-5H3. The Morgan fingerprint density at radius 1 is 1.32 bits per heavy atom. The van der Waals surface area contributed by atoms with E-state index in [1.807, 2.05) is 33.8 Å². The fourth-order valence-electron chi connectivity index (χ4n) is 2.34.